The third-order valence-corrected chi connectivity index (χ3v) is 5.80. The molecule has 146 valence electrons. The van der Waals surface area contributed by atoms with Gasteiger partial charge in [-0.1, -0.05) is 11.6 Å². The van der Waals surface area contributed by atoms with E-state index in [1.807, 2.05) is 24.4 Å². The van der Waals surface area contributed by atoms with Gasteiger partial charge < -0.3 is 14.3 Å². The molecule has 2 aliphatic rings. The SMILES string of the molecule is O=C(c1nnc(C2CC2)o1)N1CCc2[nH]cnc2[C@H]1c1cc2c(Cl)cccn2n1. The number of H-pyrrole nitrogens is 1. The zero-order chi connectivity index (χ0) is 19.5. The summed E-state index contributed by atoms with van der Waals surface area (Å²) in [6.45, 7) is 0.488. The Bertz CT molecular complexity index is 1240. The molecule has 1 aliphatic heterocycles. The fourth-order valence-corrected chi connectivity index (χ4v) is 4.08. The van der Waals surface area contributed by atoms with Gasteiger partial charge in [0.2, 0.25) is 5.89 Å². The standard InChI is InChI=1S/C19H16ClN7O2/c20-11-2-1-6-27-14(11)8-13(25-27)16-15-12(21-9-22-15)5-7-26(16)19(28)18-24-23-17(29-18)10-3-4-10/h1-2,6,8-10,16H,3-5,7H2,(H,21,22)/t16-/m1/s1. The van der Waals surface area contributed by atoms with E-state index < -0.39 is 6.04 Å². The number of amides is 1. The number of hydrogen-bond acceptors (Lipinski definition) is 6. The van der Waals surface area contributed by atoms with Gasteiger partial charge in [-0.25, -0.2) is 9.50 Å². The van der Waals surface area contributed by atoms with Gasteiger partial charge >= 0.3 is 11.8 Å². The van der Waals surface area contributed by atoms with E-state index >= 15 is 0 Å². The molecule has 1 atom stereocenters. The zero-order valence-electron chi connectivity index (χ0n) is 15.2. The number of imidazole rings is 1. The molecule has 29 heavy (non-hydrogen) atoms. The number of aromatic nitrogens is 6. The average Bonchev–Trinajstić information content (AvgIpc) is 3.13. The highest BCUT2D eigenvalue weighted by atomic mass is 35.5. The summed E-state index contributed by atoms with van der Waals surface area (Å²) in [7, 11) is 0. The first kappa shape index (κ1) is 16.7. The molecular weight excluding hydrogens is 394 g/mol. The number of pyridine rings is 1. The summed E-state index contributed by atoms with van der Waals surface area (Å²) in [6.07, 6.45) is 6.19. The number of nitrogens with one attached hydrogen (secondary N) is 1. The number of halogens is 1. The van der Waals surface area contributed by atoms with Gasteiger partial charge in [-0.15, -0.1) is 10.2 Å². The van der Waals surface area contributed by atoms with E-state index in [1.54, 1.807) is 15.7 Å². The number of nitrogens with zero attached hydrogens (tertiary/aromatic N) is 6. The number of carbonyl (C=O) groups excluding carboxylic acids is 1. The van der Waals surface area contributed by atoms with Crippen molar-refractivity contribution in [1.29, 1.82) is 0 Å². The molecule has 5 heterocycles. The minimum atomic E-state index is -0.468. The second kappa shape index (κ2) is 6.15. The molecule has 10 heteroatoms. The first-order valence-corrected chi connectivity index (χ1v) is 9.87. The van der Waals surface area contributed by atoms with Crippen molar-refractivity contribution in [3.63, 3.8) is 0 Å². The Morgan fingerprint density at radius 3 is 3.03 bits per heavy atom. The van der Waals surface area contributed by atoms with E-state index in [1.165, 1.54) is 0 Å². The van der Waals surface area contributed by atoms with Crippen LogP contribution in [0.25, 0.3) is 5.52 Å². The summed E-state index contributed by atoms with van der Waals surface area (Å²) in [4.78, 5) is 22.6. The van der Waals surface area contributed by atoms with Crippen molar-refractivity contribution in [3.05, 3.63) is 64.6 Å². The topological polar surface area (TPSA) is 105 Å². The van der Waals surface area contributed by atoms with E-state index in [2.05, 4.69) is 25.3 Å². The van der Waals surface area contributed by atoms with Crippen molar-refractivity contribution >= 4 is 23.0 Å². The third-order valence-electron chi connectivity index (χ3n) is 5.49. The molecule has 6 rings (SSSR count). The van der Waals surface area contributed by atoms with Gasteiger partial charge in [0.1, 0.15) is 6.04 Å². The van der Waals surface area contributed by atoms with E-state index in [0.29, 0.717) is 35.5 Å². The fourth-order valence-electron chi connectivity index (χ4n) is 3.87. The van der Waals surface area contributed by atoms with Crippen molar-refractivity contribution in [2.24, 2.45) is 0 Å². The number of aromatic amines is 1. The lowest BCUT2D eigenvalue weighted by atomic mass is 9.99. The summed E-state index contributed by atoms with van der Waals surface area (Å²) in [6, 6.07) is 5.06. The molecule has 0 bridgehead atoms. The normalized spacial score (nSPS) is 18.9. The number of hydrogen-bond donors (Lipinski definition) is 1. The zero-order valence-corrected chi connectivity index (χ0v) is 16.0. The van der Waals surface area contributed by atoms with Crippen LogP contribution >= 0.6 is 11.6 Å². The molecule has 1 aliphatic carbocycles. The largest absolute Gasteiger partial charge is 0.417 e. The molecule has 1 N–H and O–H groups in total. The number of rotatable bonds is 3. The van der Waals surface area contributed by atoms with Crippen LogP contribution in [0.15, 0.2) is 35.1 Å². The lowest BCUT2D eigenvalue weighted by Crippen LogP contribution is -2.41. The molecule has 0 spiro atoms. The van der Waals surface area contributed by atoms with Gasteiger partial charge in [-0.3, -0.25) is 4.79 Å². The lowest BCUT2D eigenvalue weighted by Gasteiger charge is -2.32. The van der Waals surface area contributed by atoms with Crippen LogP contribution in [0.4, 0.5) is 0 Å². The number of carbonyl (C=O) groups is 1. The van der Waals surface area contributed by atoms with Crippen LogP contribution in [0, 0.1) is 0 Å². The monoisotopic (exact) mass is 409 g/mol. The highest BCUT2D eigenvalue weighted by Crippen LogP contribution is 2.40. The van der Waals surface area contributed by atoms with Crippen LogP contribution in [0.5, 0.6) is 0 Å². The minimum absolute atomic E-state index is 0.0117. The highest BCUT2D eigenvalue weighted by molar-refractivity contribution is 6.33. The Morgan fingerprint density at radius 1 is 1.31 bits per heavy atom. The predicted molar refractivity (Wildman–Crippen MR) is 102 cm³/mol. The van der Waals surface area contributed by atoms with E-state index in [-0.39, 0.29) is 11.8 Å². The quantitative estimate of drug-likeness (QED) is 0.557. The van der Waals surface area contributed by atoms with Crippen LogP contribution in [0.3, 0.4) is 0 Å². The van der Waals surface area contributed by atoms with Crippen molar-refractivity contribution in [2.75, 3.05) is 6.54 Å². The Hall–Kier alpha value is -3.20. The molecule has 9 nitrogen and oxygen atoms in total. The highest BCUT2D eigenvalue weighted by Gasteiger charge is 2.39. The fraction of sp³-hybridized carbons (Fsp3) is 0.316. The second-order valence-electron chi connectivity index (χ2n) is 7.39. The van der Waals surface area contributed by atoms with E-state index in [0.717, 1.165) is 29.7 Å². The number of fused-ring (bicyclic) bond motifs is 2. The predicted octanol–water partition coefficient (Wildman–Crippen LogP) is 2.76. The molecule has 0 saturated heterocycles. The molecule has 0 unspecified atom stereocenters. The molecule has 1 amide bonds. The van der Waals surface area contributed by atoms with E-state index in [4.69, 9.17) is 16.0 Å². The van der Waals surface area contributed by atoms with Crippen LogP contribution < -0.4 is 0 Å². The lowest BCUT2D eigenvalue weighted by molar-refractivity contribution is 0.0644. The van der Waals surface area contributed by atoms with Crippen molar-refractivity contribution in [2.45, 2.75) is 31.2 Å². The van der Waals surface area contributed by atoms with E-state index in [9.17, 15) is 4.79 Å². The second-order valence-corrected chi connectivity index (χ2v) is 7.80. The van der Waals surface area contributed by atoms with Crippen LogP contribution in [-0.4, -0.2) is 47.1 Å². The van der Waals surface area contributed by atoms with Crippen LogP contribution in [0.2, 0.25) is 5.02 Å². The summed E-state index contributed by atoms with van der Waals surface area (Å²) < 4.78 is 7.37. The first-order valence-electron chi connectivity index (χ1n) is 9.49. The Kier molecular flexibility index (Phi) is 3.55. The maximum absolute atomic E-state index is 13.3. The van der Waals surface area contributed by atoms with Gasteiger partial charge in [0.25, 0.3) is 0 Å². The first-order chi connectivity index (χ1) is 14.2. The maximum Gasteiger partial charge on any atom is 0.312 e. The van der Waals surface area contributed by atoms with Gasteiger partial charge in [-0.05, 0) is 31.0 Å². The van der Waals surface area contributed by atoms with Crippen molar-refractivity contribution in [1.82, 2.24) is 34.7 Å². The third kappa shape index (κ3) is 2.65. The van der Waals surface area contributed by atoms with Gasteiger partial charge in [0.15, 0.2) is 0 Å². The average molecular weight is 410 g/mol. The molecule has 4 aromatic rings. The summed E-state index contributed by atoms with van der Waals surface area (Å²) in [5.74, 6) is 0.533. The molecule has 0 radical (unpaired) electrons. The summed E-state index contributed by atoms with van der Waals surface area (Å²) in [5, 5.41) is 13.3. The van der Waals surface area contributed by atoms with Crippen molar-refractivity contribution in [3.8, 4) is 0 Å². The molecule has 4 aromatic heterocycles. The maximum atomic E-state index is 13.3. The molecule has 1 saturated carbocycles. The molecule has 0 aromatic carbocycles. The van der Waals surface area contributed by atoms with Gasteiger partial charge in [0, 0.05) is 30.8 Å². The smallest absolute Gasteiger partial charge is 0.312 e. The van der Waals surface area contributed by atoms with Crippen molar-refractivity contribution < 1.29 is 9.21 Å². The Balaban J connectivity index is 1.44. The minimum Gasteiger partial charge on any atom is -0.417 e. The van der Waals surface area contributed by atoms with Gasteiger partial charge in [0.05, 0.1) is 28.3 Å². The Morgan fingerprint density at radius 2 is 2.21 bits per heavy atom. The molecular formula is C19H16ClN7O2. The summed E-state index contributed by atoms with van der Waals surface area (Å²) in [5.41, 5.74) is 3.21. The molecule has 1 fully saturated rings. The summed E-state index contributed by atoms with van der Waals surface area (Å²) >= 11 is 6.33. The van der Waals surface area contributed by atoms with Gasteiger partial charge in [-0.2, -0.15) is 5.10 Å². The van der Waals surface area contributed by atoms with Crippen LogP contribution in [-0.2, 0) is 6.42 Å². The Labute approximate surface area is 169 Å². The van der Waals surface area contributed by atoms with Crippen LogP contribution in [0.1, 0.15) is 58.5 Å².